The van der Waals surface area contributed by atoms with Crippen molar-refractivity contribution >= 4 is 5.71 Å². The maximum atomic E-state index is 4.48. The first-order valence-corrected chi connectivity index (χ1v) is 4.66. The normalized spacial score (nSPS) is 11.6. The second kappa shape index (κ2) is 6.14. The molecule has 0 rings (SSSR count). The van der Waals surface area contributed by atoms with E-state index in [0.29, 0.717) is 0 Å². The third-order valence-electron chi connectivity index (χ3n) is 1.84. The van der Waals surface area contributed by atoms with E-state index in [1.165, 1.54) is 5.57 Å². The van der Waals surface area contributed by atoms with E-state index in [2.05, 4.69) is 18.2 Å². The Balaban J connectivity index is 5.02. The van der Waals surface area contributed by atoms with Gasteiger partial charge in [0.1, 0.15) is 0 Å². The Hall–Kier alpha value is -1.37. The molecule has 0 aromatic carbocycles. The Kier molecular flexibility index (Phi) is 5.54. The zero-order valence-corrected chi connectivity index (χ0v) is 9.59. The van der Waals surface area contributed by atoms with Gasteiger partial charge in [0.05, 0.1) is 5.71 Å². The largest absolute Gasteiger partial charge is 0.254 e. The Morgan fingerprint density at radius 3 is 2.07 bits per heavy atom. The molecule has 0 bridgehead atoms. The maximum absolute atomic E-state index is 4.48. The fourth-order valence-corrected chi connectivity index (χ4v) is 0.727. The van der Waals surface area contributed by atoms with Crippen LogP contribution in [0.2, 0.25) is 0 Å². The van der Waals surface area contributed by atoms with Crippen LogP contribution in [0, 0.1) is 0 Å². The molecule has 0 saturated carbocycles. The fraction of sp³-hybridized carbons (Fsp3) is 0.308. The molecule has 0 heterocycles. The summed E-state index contributed by atoms with van der Waals surface area (Å²) in [6.07, 6.45) is 5.52. The lowest BCUT2D eigenvalue weighted by Gasteiger charge is -2.01. The van der Waals surface area contributed by atoms with E-state index in [0.717, 1.165) is 17.0 Å². The molecule has 76 valence electrons. The van der Waals surface area contributed by atoms with Gasteiger partial charge in [-0.05, 0) is 39.3 Å². The molecular formula is C13H19N. The van der Waals surface area contributed by atoms with Gasteiger partial charge in [-0.1, -0.05) is 30.9 Å². The fourth-order valence-electron chi connectivity index (χ4n) is 0.727. The number of hydrogen-bond donors (Lipinski definition) is 0. The van der Waals surface area contributed by atoms with Crippen LogP contribution in [0.5, 0.6) is 0 Å². The summed E-state index contributed by atoms with van der Waals surface area (Å²) in [6.45, 7) is 15.5. The van der Waals surface area contributed by atoms with Crippen molar-refractivity contribution in [1.29, 1.82) is 0 Å². The highest BCUT2D eigenvalue weighted by Gasteiger charge is 1.95. The van der Waals surface area contributed by atoms with Crippen molar-refractivity contribution in [1.82, 2.24) is 0 Å². The van der Waals surface area contributed by atoms with Crippen molar-refractivity contribution in [2.75, 3.05) is 0 Å². The van der Waals surface area contributed by atoms with Crippen LogP contribution < -0.4 is 0 Å². The second-order valence-electron chi connectivity index (χ2n) is 3.46. The summed E-state index contributed by atoms with van der Waals surface area (Å²) >= 11 is 0. The number of nitrogens with zero attached hydrogens (tertiary/aromatic N) is 1. The summed E-state index contributed by atoms with van der Waals surface area (Å²) in [5.74, 6) is 0. The van der Waals surface area contributed by atoms with E-state index in [1.54, 1.807) is 6.08 Å². The third-order valence-corrected chi connectivity index (χ3v) is 1.84. The summed E-state index contributed by atoms with van der Waals surface area (Å²) in [5, 5.41) is 0. The first-order valence-electron chi connectivity index (χ1n) is 4.66. The average molecular weight is 189 g/mol. The summed E-state index contributed by atoms with van der Waals surface area (Å²) in [4.78, 5) is 4.48. The van der Waals surface area contributed by atoms with Crippen LogP contribution in [0.4, 0.5) is 0 Å². The second-order valence-corrected chi connectivity index (χ2v) is 3.46. The van der Waals surface area contributed by atoms with Gasteiger partial charge in [0.2, 0.25) is 0 Å². The van der Waals surface area contributed by atoms with Gasteiger partial charge >= 0.3 is 0 Å². The van der Waals surface area contributed by atoms with Crippen molar-refractivity contribution in [3.05, 3.63) is 48.2 Å². The molecule has 0 radical (unpaired) electrons. The van der Waals surface area contributed by atoms with Crippen LogP contribution in [0.3, 0.4) is 0 Å². The van der Waals surface area contributed by atoms with Crippen LogP contribution in [0.15, 0.2) is 53.2 Å². The van der Waals surface area contributed by atoms with Gasteiger partial charge in [-0.25, -0.2) is 0 Å². The first-order chi connectivity index (χ1) is 6.49. The van der Waals surface area contributed by atoms with Crippen molar-refractivity contribution < 1.29 is 0 Å². The molecule has 0 aliphatic rings. The molecule has 0 atom stereocenters. The number of hydrogen-bond acceptors (Lipinski definition) is 1. The summed E-state index contributed by atoms with van der Waals surface area (Å²) < 4.78 is 0. The van der Waals surface area contributed by atoms with Gasteiger partial charge in [0.25, 0.3) is 0 Å². The standard InChI is InChI=1S/C13H19N/c1-7-8-9-13(11(4)5)14-12(6)10(2)3/h7-9H,1,4H2,2-3,5-6H3/b9-8-,14-13?. The lowest BCUT2D eigenvalue weighted by Crippen LogP contribution is -1.95. The SMILES string of the molecule is C=C/C=C\C(=NC(C)=C(C)C)C(=C)C. The van der Waals surface area contributed by atoms with Gasteiger partial charge in [-0.3, -0.25) is 4.99 Å². The highest BCUT2D eigenvalue weighted by molar-refractivity contribution is 6.08. The minimum atomic E-state index is 0.906. The number of rotatable bonds is 4. The molecule has 1 heteroatoms. The maximum Gasteiger partial charge on any atom is 0.0656 e. The molecular weight excluding hydrogens is 170 g/mol. The Bertz CT molecular complexity index is 310. The van der Waals surface area contributed by atoms with Gasteiger partial charge < -0.3 is 0 Å². The molecule has 0 amide bonds. The zero-order valence-electron chi connectivity index (χ0n) is 9.59. The van der Waals surface area contributed by atoms with Gasteiger partial charge in [-0.15, -0.1) is 0 Å². The van der Waals surface area contributed by atoms with Crippen LogP contribution >= 0.6 is 0 Å². The van der Waals surface area contributed by atoms with E-state index < -0.39 is 0 Å². The molecule has 0 saturated heterocycles. The van der Waals surface area contributed by atoms with Crippen LogP contribution in [0.25, 0.3) is 0 Å². The molecule has 0 aromatic heterocycles. The van der Waals surface area contributed by atoms with Gasteiger partial charge in [0.15, 0.2) is 0 Å². The quantitative estimate of drug-likeness (QED) is 0.467. The zero-order chi connectivity index (χ0) is 11.1. The van der Waals surface area contributed by atoms with Crippen molar-refractivity contribution in [2.45, 2.75) is 27.7 Å². The van der Waals surface area contributed by atoms with Crippen molar-refractivity contribution in [3.8, 4) is 0 Å². The molecule has 0 N–H and O–H groups in total. The molecule has 0 unspecified atom stereocenters. The Morgan fingerprint density at radius 1 is 1.14 bits per heavy atom. The van der Waals surface area contributed by atoms with E-state index in [4.69, 9.17) is 0 Å². The van der Waals surface area contributed by atoms with Crippen molar-refractivity contribution in [3.63, 3.8) is 0 Å². The minimum absolute atomic E-state index is 0.906. The minimum Gasteiger partial charge on any atom is -0.254 e. The molecule has 0 aliphatic heterocycles. The molecule has 0 fully saturated rings. The highest BCUT2D eigenvalue weighted by atomic mass is 14.7. The lowest BCUT2D eigenvalue weighted by molar-refractivity contribution is 1.19. The first kappa shape index (κ1) is 12.6. The predicted molar refractivity (Wildman–Crippen MR) is 65.6 cm³/mol. The molecule has 0 aliphatic carbocycles. The number of allylic oxidation sites excluding steroid dienone is 6. The predicted octanol–water partition coefficient (Wildman–Crippen LogP) is 4.06. The summed E-state index contributed by atoms with van der Waals surface area (Å²) in [6, 6.07) is 0. The van der Waals surface area contributed by atoms with Crippen LogP contribution in [0.1, 0.15) is 27.7 Å². The van der Waals surface area contributed by atoms with E-state index in [9.17, 15) is 0 Å². The molecule has 0 spiro atoms. The Morgan fingerprint density at radius 2 is 1.71 bits per heavy atom. The molecule has 14 heavy (non-hydrogen) atoms. The van der Waals surface area contributed by atoms with Gasteiger partial charge in [0, 0.05) is 5.70 Å². The van der Waals surface area contributed by atoms with E-state index >= 15 is 0 Å². The topological polar surface area (TPSA) is 12.4 Å². The molecule has 0 aromatic rings. The molecule has 1 nitrogen and oxygen atoms in total. The number of aliphatic imine (C=N–C) groups is 1. The summed E-state index contributed by atoms with van der Waals surface area (Å²) in [7, 11) is 0. The monoisotopic (exact) mass is 189 g/mol. The third kappa shape index (κ3) is 4.61. The van der Waals surface area contributed by atoms with E-state index in [1.807, 2.05) is 39.8 Å². The van der Waals surface area contributed by atoms with Crippen LogP contribution in [-0.4, -0.2) is 5.71 Å². The Labute approximate surface area is 87.3 Å². The highest BCUT2D eigenvalue weighted by Crippen LogP contribution is 2.07. The van der Waals surface area contributed by atoms with Gasteiger partial charge in [-0.2, -0.15) is 0 Å². The van der Waals surface area contributed by atoms with Crippen molar-refractivity contribution in [2.24, 2.45) is 4.99 Å². The van der Waals surface area contributed by atoms with E-state index in [-0.39, 0.29) is 0 Å². The smallest absolute Gasteiger partial charge is 0.0656 e. The van der Waals surface area contributed by atoms with Crippen LogP contribution in [-0.2, 0) is 0 Å². The average Bonchev–Trinajstić information content (AvgIpc) is 2.10. The lowest BCUT2D eigenvalue weighted by atomic mass is 10.2. The summed E-state index contributed by atoms with van der Waals surface area (Å²) in [5.41, 5.74) is 4.12.